The predicted molar refractivity (Wildman–Crippen MR) is 57.0 cm³/mol. The molecule has 0 atom stereocenters. The van der Waals surface area contributed by atoms with Gasteiger partial charge in [0.15, 0.2) is 0 Å². The molecule has 0 radical (unpaired) electrons. The van der Waals surface area contributed by atoms with Gasteiger partial charge in [0.05, 0.1) is 0 Å². The van der Waals surface area contributed by atoms with Crippen LogP contribution in [-0.4, -0.2) is 16.4 Å². The van der Waals surface area contributed by atoms with Crippen LogP contribution in [0.1, 0.15) is 5.56 Å². The molecule has 6 heteroatoms. The van der Waals surface area contributed by atoms with Crippen LogP contribution in [0.25, 0.3) is 0 Å². The summed E-state index contributed by atoms with van der Waals surface area (Å²) in [5, 5.41) is 0. The van der Waals surface area contributed by atoms with Crippen molar-refractivity contribution in [2.24, 2.45) is 5.73 Å². The molecule has 0 aliphatic heterocycles. The maximum absolute atomic E-state index is 11.1. The van der Waals surface area contributed by atoms with Crippen molar-refractivity contribution in [2.75, 3.05) is 0 Å². The number of thiol groups is 1. The van der Waals surface area contributed by atoms with Crippen LogP contribution >= 0.6 is 12.8 Å². The van der Waals surface area contributed by atoms with Gasteiger partial charge in [0.1, 0.15) is 6.61 Å². The minimum Gasteiger partial charge on any atom is -0.444 e. The number of nitrogens with two attached hydrogens (primary N) is 1. The van der Waals surface area contributed by atoms with Gasteiger partial charge in [-0.2, -0.15) is 4.31 Å². The lowest BCUT2D eigenvalue weighted by Crippen LogP contribution is -2.33. The number of primary amides is 1. The van der Waals surface area contributed by atoms with E-state index in [1.54, 1.807) is 12.1 Å². The number of ether oxygens (including phenoxy) is 1. The second kappa shape index (κ2) is 5.26. The molecule has 0 aliphatic rings. The van der Waals surface area contributed by atoms with E-state index >= 15 is 0 Å². The molecule has 0 aliphatic carbocycles. The summed E-state index contributed by atoms with van der Waals surface area (Å²) in [5.74, 6) is 0. The normalized spacial score (nSPS) is 9.40. The first-order valence-electron chi connectivity index (χ1n) is 4.10. The van der Waals surface area contributed by atoms with E-state index in [1.165, 1.54) is 0 Å². The Labute approximate surface area is 92.4 Å². The van der Waals surface area contributed by atoms with Gasteiger partial charge in [-0.15, -0.1) is 0 Å². The highest BCUT2D eigenvalue weighted by Gasteiger charge is 2.15. The molecule has 0 saturated carbocycles. The SMILES string of the molecule is NC(=O)N(S)C(=O)OCc1ccccc1. The number of hydrogen-bond donors (Lipinski definition) is 2. The second-order valence-corrected chi connectivity index (χ2v) is 3.09. The van der Waals surface area contributed by atoms with E-state index in [0.29, 0.717) is 4.31 Å². The quantitative estimate of drug-likeness (QED) is 0.751. The lowest BCUT2D eigenvalue weighted by Gasteiger charge is -2.10. The molecular weight excluding hydrogens is 216 g/mol. The Morgan fingerprint density at radius 3 is 2.47 bits per heavy atom. The van der Waals surface area contributed by atoms with Crippen molar-refractivity contribution in [3.8, 4) is 0 Å². The number of carbonyl (C=O) groups excluding carboxylic acids is 2. The molecule has 3 amide bonds. The van der Waals surface area contributed by atoms with Crippen molar-refractivity contribution >= 4 is 24.9 Å². The fourth-order valence-electron chi connectivity index (χ4n) is 0.870. The Morgan fingerprint density at radius 1 is 1.33 bits per heavy atom. The third-order valence-electron chi connectivity index (χ3n) is 1.59. The third kappa shape index (κ3) is 3.51. The molecule has 0 fully saturated rings. The molecule has 1 aromatic carbocycles. The average molecular weight is 226 g/mol. The van der Waals surface area contributed by atoms with Gasteiger partial charge < -0.3 is 10.5 Å². The van der Waals surface area contributed by atoms with Gasteiger partial charge >= 0.3 is 12.1 Å². The number of benzene rings is 1. The number of amides is 3. The highest BCUT2D eigenvalue weighted by Crippen LogP contribution is 2.04. The molecule has 0 saturated heterocycles. The van der Waals surface area contributed by atoms with E-state index in [1.807, 2.05) is 18.2 Å². The van der Waals surface area contributed by atoms with E-state index in [-0.39, 0.29) is 6.61 Å². The first-order valence-corrected chi connectivity index (χ1v) is 4.50. The topological polar surface area (TPSA) is 72.6 Å². The van der Waals surface area contributed by atoms with Crippen molar-refractivity contribution in [1.82, 2.24) is 4.31 Å². The zero-order valence-corrected chi connectivity index (χ0v) is 8.68. The smallest absolute Gasteiger partial charge is 0.428 e. The summed E-state index contributed by atoms with van der Waals surface area (Å²) in [5.41, 5.74) is 5.63. The largest absolute Gasteiger partial charge is 0.444 e. The van der Waals surface area contributed by atoms with Crippen LogP contribution in [0.5, 0.6) is 0 Å². The summed E-state index contributed by atoms with van der Waals surface area (Å²) in [6, 6.07) is 8.09. The molecular formula is C9H10N2O3S. The predicted octanol–water partition coefficient (Wildman–Crippen LogP) is 1.55. The molecule has 1 aromatic rings. The number of carbonyl (C=O) groups is 2. The van der Waals surface area contributed by atoms with Crippen LogP contribution in [0.4, 0.5) is 9.59 Å². The van der Waals surface area contributed by atoms with Crippen LogP contribution in [0.2, 0.25) is 0 Å². The zero-order chi connectivity index (χ0) is 11.3. The lowest BCUT2D eigenvalue weighted by molar-refractivity contribution is 0.126. The number of hydrogen-bond acceptors (Lipinski definition) is 4. The van der Waals surface area contributed by atoms with Gasteiger partial charge in [-0.25, -0.2) is 9.59 Å². The van der Waals surface area contributed by atoms with Gasteiger partial charge in [0, 0.05) is 0 Å². The molecule has 0 heterocycles. The molecule has 0 spiro atoms. The van der Waals surface area contributed by atoms with Gasteiger partial charge in [0.2, 0.25) is 0 Å². The maximum atomic E-state index is 11.1. The summed E-state index contributed by atoms with van der Waals surface area (Å²) in [6.07, 6.45) is -0.894. The summed E-state index contributed by atoms with van der Waals surface area (Å²) in [6.45, 7) is 0.0734. The highest BCUT2D eigenvalue weighted by atomic mass is 32.1. The average Bonchev–Trinajstić information content (AvgIpc) is 2.26. The van der Waals surface area contributed by atoms with E-state index < -0.39 is 12.1 Å². The molecule has 0 unspecified atom stereocenters. The van der Waals surface area contributed by atoms with E-state index in [4.69, 9.17) is 10.5 Å². The van der Waals surface area contributed by atoms with Crippen molar-refractivity contribution in [3.05, 3.63) is 35.9 Å². The lowest BCUT2D eigenvalue weighted by atomic mass is 10.2. The first kappa shape index (κ1) is 11.4. The highest BCUT2D eigenvalue weighted by molar-refractivity contribution is 7.79. The van der Waals surface area contributed by atoms with Gasteiger partial charge in [-0.1, -0.05) is 43.1 Å². The van der Waals surface area contributed by atoms with Crippen LogP contribution < -0.4 is 5.73 Å². The molecule has 2 N–H and O–H groups in total. The fourth-order valence-corrected chi connectivity index (χ4v) is 0.928. The maximum Gasteiger partial charge on any atom is 0.428 e. The van der Waals surface area contributed by atoms with E-state index in [0.717, 1.165) is 5.56 Å². The summed E-state index contributed by atoms with van der Waals surface area (Å²) < 4.78 is 5.17. The molecule has 5 nitrogen and oxygen atoms in total. The molecule has 1 rings (SSSR count). The molecule has 0 bridgehead atoms. The number of imide groups is 1. The van der Waals surface area contributed by atoms with Gasteiger partial charge in [-0.3, -0.25) is 0 Å². The monoisotopic (exact) mass is 226 g/mol. The summed E-state index contributed by atoms with van der Waals surface area (Å²) >= 11 is 3.55. The van der Waals surface area contributed by atoms with Gasteiger partial charge in [0.25, 0.3) is 0 Å². The van der Waals surface area contributed by atoms with Crippen molar-refractivity contribution in [2.45, 2.75) is 6.61 Å². The Hall–Kier alpha value is -1.69. The van der Waals surface area contributed by atoms with E-state index in [9.17, 15) is 9.59 Å². The number of rotatable bonds is 2. The summed E-state index contributed by atoms with van der Waals surface area (Å²) in [7, 11) is 0. The Kier molecular flexibility index (Phi) is 3.99. The van der Waals surface area contributed by atoms with Crippen molar-refractivity contribution in [3.63, 3.8) is 0 Å². The summed E-state index contributed by atoms with van der Waals surface area (Å²) in [4.78, 5) is 21.6. The standard InChI is InChI=1S/C9H10N2O3S/c10-8(12)11(15)9(13)14-6-7-4-2-1-3-5-7/h1-5,15H,6H2,(H2,10,12). The van der Waals surface area contributed by atoms with Crippen LogP contribution in [0.3, 0.4) is 0 Å². The fraction of sp³-hybridized carbons (Fsp3) is 0.111. The Bertz CT molecular complexity index is 356. The molecule has 80 valence electrons. The van der Waals surface area contributed by atoms with Crippen LogP contribution in [0, 0.1) is 0 Å². The Morgan fingerprint density at radius 2 is 1.93 bits per heavy atom. The van der Waals surface area contributed by atoms with Crippen molar-refractivity contribution in [1.29, 1.82) is 0 Å². The first-order chi connectivity index (χ1) is 7.11. The zero-order valence-electron chi connectivity index (χ0n) is 7.79. The molecule has 0 aromatic heterocycles. The Balaban J connectivity index is 2.44. The van der Waals surface area contributed by atoms with Crippen LogP contribution in [-0.2, 0) is 11.3 Å². The van der Waals surface area contributed by atoms with Gasteiger partial charge in [-0.05, 0) is 5.56 Å². The van der Waals surface area contributed by atoms with Crippen molar-refractivity contribution < 1.29 is 14.3 Å². The molecule has 15 heavy (non-hydrogen) atoms. The number of urea groups is 1. The minimum atomic E-state index is -0.976. The minimum absolute atomic E-state index is 0.0734. The third-order valence-corrected chi connectivity index (χ3v) is 1.95. The van der Waals surface area contributed by atoms with E-state index in [2.05, 4.69) is 12.8 Å². The number of nitrogens with zero attached hydrogens (tertiary/aromatic N) is 1. The second-order valence-electron chi connectivity index (χ2n) is 2.69. The van der Waals surface area contributed by atoms with Crippen LogP contribution in [0.15, 0.2) is 30.3 Å².